The average molecular weight is 303 g/mol. The molecule has 0 aliphatic carbocycles. The minimum Gasteiger partial charge on any atom is -0.481 e. The van der Waals surface area contributed by atoms with Gasteiger partial charge in [0.15, 0.2) is 0 Å². The molecule has 21 heavy (non-hydrogen) atoms. The van der Waals surface area contributed by atoms with Crippen LogP contribution in [0, 0.1) is 0 Å². The molecule has 0 aliphatic rings. The van der Waals surface area contributed by atoms with Gasteiger partial charge in [-0.1, -0.05) is 0 Å². The van der Waals surface area contributed by atoms with Crippen LogP contribution in [0.1, 0.15) is 27.2 Å². The molecule has 0 saturated heterocycles. The molecule has 0 aliphatic heterocycles. The number of carbonyl (C=O) groups excluding carboxylic acids is 1. The summed E-state index contributed by atoms with van der Waals surface area (Å²) in [4.78, 5) is 26.3. The van der Waals surface area contributed by atoms with E-state index in [9.17, 15) is 9.59 Å². The quantitative estimate of drug-likeness (QED) is 0.617. The lowest BCUT2D eigenvalue weighted by molar-refractivity contribution is -0.137. The number of aliphatic carboxylic acids is 1. The molecule has 0 saturated carbocycles. The van der Waals surface area contributed by atoms with Gasteiger partial charge in [-0.3, -0.25) is 4.79 Å². The normalized spacial score (nSPS) is 11.5. The number of carbonyl (C=O) groups is 2. The minimum absolute atomic E-state index is 0.0655. The van der Waals surface area contributed by atoms with Gasteiger partial charge >= 0.3 is 12.0 Å². The summed E-state index contributed by atoms with van der Waals surface area (Å²) in [5.41, 5.74) is -0.425. The Morgan fingerprint density at radius 2 is 1.76 bits per heavy atom. The molecule has 124 valence electrons. The molecule has 0 heterocycles. The summed E-state index contributed by atoms with van der Waals surface area (Å²) in [6, 6.07) is -0.264. The lowest BCUT2D eigenvalue weighted by Gasteiger charge is -2.35. The van der Waals surface area contributed by atoms with E-state index in [1.165, 1.54) is 4.90 Å². The highest BCUT2D eigenvalue weighted by molar-refractivity contribution is 5.76. The third-order valence-electron chi connectivity index (χ3n) is 2.81. The molecule has 0 bridgehead atoms. The number of nitrogens with one attached hydrogen (secondary N) is 1. The SMILES string of the molecule is CN(C)CCOCCNC(=O)N(CCC(=O)O)C(C)(C)C. The van der Waals surface area contributed by atoms with Gasteiger partial charge in [0.2, 0.25) is 0 Å². The first-order chi connectivity index (χ1) is 9.64. The number of carboxylic acid groups (broad SMARTS) is 1. The van der Waals surface area contributed by atoms with E-state index in [0.29, 0.717) is 19.8 Å². The third-order valence-corrected chi connectivity index (χ3v) is 2.81. The smallest absolute Gasteiger partial charge is 0.317 e. The Labute approximate surface area is 127 Å². The predicted octanol–water partition coefficient (Wildman–Crippen LogP) is 0.849. The van der Waals surface area contributed by atoms with Gasteiger partial charge in [-0.05, 0) is 34.9 Å². The molecule has 0 rings (SSSR count). The molecule has 7 nitrogen and oxygen atoms in total. The Balaban J connectivity index is 4.09. The molecular weight excluding hydrogens is 274 g/mol. The van der Waals surface area contributed by atoms with Crippen molar-refractivity contribution in [3.8, 4) is 0 Å². The molecule has 2 N–H and O–H groups in total. The third kappa shape index (κ3) is 10.1. The molecule has 0 unspecified atom stereocenters. The van der Waals surface area contributed by atoms with Crippen LogP contribution >= 0.6 is 0 Å². The molecule has 7 heteroatoms. The van der Waals surface area contributed by atoms with Crippen molar-refractivity contribution in [3.63, 3.8) is 0 Å². The van der Waals surface area contributed by atoms with Gasteiger partial charge in [-0.2, -0.15) is 0 Å². The van der Waals surface area contributed by atoms with Crippen molar-refractivity contribution in [2.75, 3.05) is 46.9 Å². The van der Waals surface area contributed by atoms with Crippen LogP contribution in [0.5, 0.6) is 0 Å². The molecule has 0 atom stereocenters. The van der Waals surface area contributed by atoms with Crippen LogP contribution in [0.15, 0.2) is 0 Å². The number of hydrogen-bond donors (Lipinski definition) is 2. The van der Waals surface area contributed by atoms with Gasteiger partial charge < -0.3 is 25.0 Å². The Bertz CT molecular complexity index is 327. The minimum atomic E-state index is -0.913. The van der Waals surface area contributed by atoms with E-state index in [0.717, 1.165) is 6.54 Å². The topological polar surface area (TPSA) is 82.1 Å². The molecule has 0 radical (unpaired) electrons. The highest BCUT2D eigenvalue weighted by Crippen LogP contribution is 2.13. The van der Waals surface area contributed by atoms with Crippen molar-refractivity contribution in [2.45, 2.75) is 32.7 Å². The number of ether oxygens (including phenoxy) is 1. The first kappa shape index (κ1) is 19.7. The fourth-order valence-corrected chi connectivity index (χ4v) is 1.62. The highest BCUT2D eigenvalue weighted by atomic mass is 16.5. The summed E-state index contributed by atoms with van der Waals surface area (Å²) in [5.74, 6) is -0.913. The second-order valence-corrected chi connectivity index (χ2v) is 6.11. The standard InChI is InChI=1S/C14H29N3O4/c1-14(2,3)17(8-6-12(18)19)13(20)15-7-10-21-11-9-16(4)5/h6-11H2,1-5H3,(H,15,20)(H,18,19). The summed E-state index contributed by atoms with van der Waals surface area (Å²) in [6.45, 7) is 8.12. The zero-order chi connectivity index (χ0) is 16.5. The van der Waals surface area contributed by atoms with Gasteiger partial charge in [0.1, 0.15) is 0 Å². The Morgan fingerprint density at radius 1 is 1.14 bits per heavy atom. The molecular formula is C14H29N3O4. The van der Waals surface area contributed by atoms with E-state index < -0.39 is 11.5 Å². The Hall–Kier alpha value is -1.34. The maximum absolute atomic E-state index is 12.1. The molecule has 0 aromatic rings. The molecule has 0 fully saturated rings. The van der Waals surface area contributed by atoms with Gasteiger partial charge in [0.25, 0.3) is 0 Å². The number of hydrogen-bond acceptors (Lipinski definition) is 4. The maximum atomic E-state index is 12.1. The van der Waals surface area contributed by atoms with E-state index in [1.54, 1.807) is 0 Å². The van der Waals surface area contributed by atoms with Crippen molar-refractivity contribution in [2.24, 2.45) is 0 Å². The molecule has 0 aromatic heterocycles. The number of amides is 2. The summed E-state index contributed by atoms with van der Waals surface area (Å²) < 4.78 is 5.39. The largest absolute Gasteiger partial charge is 0.481 e. The van der Waals surface area contributed by atoms with Gasteiger partial charge in [0.05, 0.1) is 19.6 Å². The zero-order valence-electron chi connectivity index (χ0n) is 13.8. The van der Waals surface area contributed by atoms with Crippen LogP contribution in [0.2, 0.25) is 0 Å². The number of likely N-dealkylation sites (N-methyl/N-ethyl adjacent to an activating group) is 1. The molecule has 2 amide bonds. The van der Waals surface area contributed by atoms with Crippen LogP contribution in [0.25, 0.3) is 0 Å². The lowest BCUT2D eigenvalue weighted by atomic mass is 10.1. The fourth-order valence-electron chi connectivity index (χ4n) is 1.62. The Morgan fingerprint density at radius 3 is 2.24 bits per heavy atom. The second-order valence-electron chi connectivity index (χ2n) is 6.11. The lowest BCUT2D eigenvalue weighted by Crippen LogP contribution is -2.51. The van der Waals surface area contributed by atoms with Crippen molar-refractivity contribution in [1.29, 1.82) is 0 Å². The van der Waals surface area contributed by atoms with E-state index >= 15 is 0 Å². The Kier molecular flexibility index (Phi) is 8.96. The second kappa shape index (κ2) is 9.57. The van der Waals surface area contributed by atoms with E-state index in [1.807, 2.05) is 39.8 Å². The van der Waals surface area contributed by atoms with E-state index in [2.05, 4.69) is 5.32 Å². The number of urea groups is 1. The zero-order valence-corrected chi connectivity index (χ0v) is 13.8. The van der Waals surface area contributed by atoms with E-state index in [-0.39, 0.29) is 19.0 Å². The van der Waals surface area contributed by atoms with Crippen LogP contribution in [0.3, 0.4) is 0 Å². The summed E-state index contributed by atoms with van der Waals surface area (Å²) >= 11 is 0. The summed E-state index contributed by atoms with van der Waals surface area (Å²) in [5, 5.41) is 11.5. The molecule has 0 spiro atoms. The van der Waals surface area contributed by atoms with Crippen LogP contribution in [-0.4, -0.2) is 79.4 Å². The van der Waals surface area contributed by atoms with Gasteiger partial charge in [0, 0.05) is 25.2 Å². The maximum Gasteiger partial charge on any atom is 0.317 e. The first-order valence-corrected chi connectivity index (χ1v) is 7.14. The van der Waals surface area contributed by atoms with Crippen molar-refractivity contribution in [3.05, 3.63) is 0 Å². The van der Waals surface area contributed by atoms with Crippen molar-refractivity contribution in [1.82, 2.24) is 15.1 Å². The number of carboxylic acids is 1. The average Bonchev–Trinajstić information content (AvgIpc) is 2.31. The van der Waals surface area contributed by atoms with Crippen molar-refractivity contribution >= 4 is 12.0 Å². The molecule has 0 aromatic carbocycles. The van der Waals surface area contributed by atoms with Crippen LogP contribution < -0.4 is 5.32 Å². The fraction of sp³-hybridized carbons (Fsp3) is 0.857. The summed E-state index contributed by atoms with van der Waals surface area (Å²) in [6.07, 6.45) is -0.0655. The summed E-state index contributed by atoms with van der Waals surface area (Å²) in [7, 11) is 3.93. The number of rotatable bonds is 9. The highest BCUT2D eigenvalue weighted by Gasteiger charge is 2.26. The van der Waals surface area contributed by atoms with Crippen molar-refractivity contribution < 1.29 is 19.4 Å². The van der Waals surface area contributed by atoms with Gasteiger partial charge in [-0.25, -0.2) is 4.79 Å². The van der Waals surface area contributed by atoms with Gasteiger partial charge in [-0.15, -0.1) is 0 Å². The van der Waals surface area contributed by atoms with Crippen LogP contribution in [-0.2, 0) is 9.53 Å². The van der Waals surface area contributed by atoms with Crippen LogP contribution in [0.4, 0.5) is 4.79 Å². The first-order valence-electron chi connectivity index (χ1n) is 7.14. The monoisotopic (exact) mass is 303 g/mol. The predicted molar refractivity (Wildman–Crippen MR) is 81.5 cm³/mol. The number of nitrogens with zero attached hydrogens (tertiary/aromatic N) is 2. The van der Waals surface area contributed by atoms with E-state index in [4.69, 9.17) is 9.84 Å².